The van der Waals surface area contributed by atoms with E-state index >= 15 is 0 Å². The number of thiazole rings is 1. The third kappa shape index (κ3) is 4.78. The highest BCUT2D eigenvalue weighted by Gasteiger charge is 2.34. The summed E-state index contributed by atoms with van der Waals surface area (Å²) in [5.74, 6) is -1.20. The van der Waals surface area contributed by atoms with Gasteiger partial charge in [0.05, 0.1) is 5.01 Å². The summed E-state index contributed by atoms with van der Waals surface area (Å²) in [6.45, 7) is 2.56. The van der Waals surface area contributed by atoms with Crippen molar-refractivity contribution in [2.45, 2.75) is 51.2 Å². The van der Waals surface area contributed by atoms with Gasteiger partial charge in [0, 0.05) is 17.6 Å². The molecule has 1 fully saturated rings. The van der Waals surface area contributed by atoms with Crippen molar-refractivity contribution in [1.82, 2.24) is 10.3 Å². The second kappa shape index (κ2) is 7.51. The van der Waals surface area contributed by atoms with Crippen LogP contribution in [0.1, 0.15) is 36.4 Å². The Kier molecular flexibility index (Phi) is 5.69. The average molecular weight is 312 g/mol. The molecule has 2 heterocycles. The third-order valence-electron chi connectivity index (χ3n) is 3.37. The molecular formula is C14H20N2O4S. The van der Waals surface area contributed by atoms with Gasteiger partial charge in [0.15, 0.2) is 6.10 Å². The number of carbonyl (C=O) groups excluding carboxylic acids is 1. The van der Waals surface area contributed by atoms with Gasteiger partial charge in [0.1, 0.15) is 6.10 Å². The van der Waals surface area contributed by atoms with Crippen molar-refractivity contribution in [2.75, 3.05) is 6.54 Å². The fraction of sp³-hybridized carbons (Fsp3) is 0.643. The number of ether oxygens (including phenoxy) is 1. The predicted octanol–water partition coefficient (Wildman–Crippen LogP) is 1.52. The third-order valence-corrected chi connectivity index (χ3v) is 4.40. The summed E-state index contributed by atoms with van der Waals surface area (Å²) in [6, 6.07) is 0. The zero-order valence-corrected chi connectivity index (χ0v) is 12.8. The maximum atomic E-state index is 11.8. The lowest BCUT2D eigenvalue weighted by molar-refractivity contribution is -0.151. The lowest BCUT2D eigenvalue weighted by Crippen LogP contribution is -2.36. The number of amides is 1. The molecular weight excluding hydrogens is 292 g/mol. The van der Waals surface area contributed by atoms with Crippen LogP contribution in [0.4, 0.5) is 0 Å². The molecule has 1 aromatic heterocycles. The van der Waals surface area contributed by atoms with Gasteiger partial charge < -0.3 is 15.2 Å². The number of rotatable bonds is 7. The van der Waals surface area contributed by atoms with Crippen LogP contribution < -0.4 is 5.32 Å². The van der Waals surface area contributed by atoms with Crippen LogP contribution in [0.15, 0.2) is 5.38 Å². The van der Waals surface area contributed by atoms with E-state index in [0.29, 0.717) is 19.4 Å². The maximum absolute atomic E-state index is 11.8. The Morgan fingerprint density at radius 1 is 1.43 bits per heavy atom. The first-order valence-electron chi connectivity index (χ1n) is 7.13. The van der Waals surface area contributed by atoms with Gasteiger partial charge in [-0.2, -0.15) is 0 Å². The number of aliphatic carboxylic acids is 1. The van der Waals surface area contributed by atoms with E-state index in [1.165, 1.54) is 0 Å². The smallest absolute Gasteiger partial charge is 0.332 e. The van der Waals surface area contributed by atoms with Gasteiger partial charge in [-0.1, -0.05) is 0 Å². The molecule has 7 heteroatoms. The van der Waals surface area contributed by atoms with Crippen LogP contribution in [0.3, 0.4) is 0 Å². The van der Waals surface area contributed by atoms with Crippen LogP contribution in [0.5, 0.6) is 0 Å². The van der Waals surface area contributed by atoms with E-state index in [9.17, 15) is 9.59 Å². The lowest BCUT2D eigenvalue weighted by Gasteiger charge is -2.11. The molecule has 0 aliphatic carbocycles. The predicted molar refractivity (Wildman–Crippen MR) is 78.3 cm³/mol. The van der Waals surface area contributed by atoms with E-state index in [0.717, 1.165) is 30.0 Å². The van der Waals surface area contributed by atoms with Crippen molar-refractivity contribution >= 4 is 23.2 Å². The molecule has 6 nitrogen and oxygen atoms in total. The summed E-state index contributed by atoms with van der Waals surface area (Å²) in [5.41, 5.74) is 1.05. The molecule has 1 aromatic rings. The summed E-state index contributed by atoms with van der Waals surface area (Å²) in [7, 11) is 0. The quantitative estimate of drug-likeness (QED) is 0.745. The molecule has 0 bridgehead atoms. The van der Waals surface area contributed by atoms with Crippen molar-refractivity contribution in [3.63, 3.8) is 0 Å². The molecule has 2 N–H and O–H groups in total. The van der Waals surface area contributed by atoms with Gasteiger partial charge in [-0.25, -0.2) is 9.78 Å². The normalized spacial score (nSPS) is 21.4. The Balaban J connectivity index is 1.58. The van der Waals surface area contributed by atoms with Crippen LogP contribution in [-0.2, 0) is 20.7 Å². The number of nitrogens with zero attached hydrogens (tertiary/aromatic N) is 1. The number of nitrogens with one attached hydrogen (secondary N) is 1. The molecule has 2 atom stereocenters. The van der Waals surface area contributed by atoms with Crippen LogP contribution >= 0.6 is 11.3 Å². The Morgan fingerprint density at radius 2 is 2.19 bits per heavy atom. The fourth-order valence-corrected chi connectivity index (χ4v) is 3.07. The molecule has 0 radical (unpaired) electrons. The van der Waals surface area contributed by atoms with E-state index in [-0.39, 0.29) is 5.91 Å². The topological polar surface area (TPSA) is 88.5 Å². The number of aryl methyl sites for hydroxylation is 2. The molecule has 1 saturated heterocycles. The molecule has 1 aliphatic heterocycles. The molecule has 0 aromatic carbocycles. The van der Waals surface area contributed by atoms with Crippen LogP contribution in [0.25, 0.3) is 0 Å². The van der Waals surface area contributed by atoms with Crippen molar-refractivity contribution in [1.29, 1.82) is 0 Å². The number of hydrogen-bond acceptors (Lipinski definition) is 5. The monoisotopic (exact) mass is 312 g/mol. The molecule has 0 spiro atoms. The summed E-state index contributed by atoms with van der Waals surface area (Å²) in [5, 5.41) is 14.8. The Hall–Kier alpha value is -1.47. The highest BCUT2D eigenvalue weighted by Crippen LogP contribution is 2.19. The second-order valence-electron chi connectivity index (χ2n) is 5.16. The fourth-order valence-electron chi connectivity index (χ4n) is 2.26. The minimum Gasteiger partial charge on any atom is -0.479 e. The van der Waals surface area contributed by atoms with E-state index in [1.807, 2.05) is 12.3 Å². The summed E-state index contributed by atoms with van der Waals surface area (Å²) in [6.07, 6.45) is 2.19. The Morgan fingerprint density at radius 3 is 2.81 bits per heavy atom. The van der Waals surface area contributed by atoms with Crippen molar-refractivity contribution in [3.05, 3.63) is 16.1 Å². The van der Waals surface area contributed by atoms with Gasteiger partial charge in [-0.3, -0.25) is 4.79 Å². The standard InChI is InChI=1S/C14H20N2O4S/c1-9-8-21-12(16-9)4-2-3-7-15-13(17)10-5-6-11(20-10)14(18)19/h8,10-11H,2-7H2,1H3,(H,15,17)(H,18,19)/t10-,11+/m0/s1. The first-order chi connectivity index (χ1) is 10.1. The van der Waals surface area contributed by atoms with Crippen molar-refractivity contribution in [2.24, 2.45) is 0 Å². The van der Waals surface area contributed by atoms with Gasteiger partial charge in [0.25, 0.3) is 0 Å². The summed E-state index contributed by atoms with van der Waals surface area (Å²) >= 11 is 1.66. The van der Waals surface area contributed by atoms with Crippen LogP contribution in [0, 0.1) is 6.92 Å². The minimum atomic E-state index is -0.996. The molecule has 0 unspecified atom stereocenters. The average Bonchev–Trinajstić information content (AvgIpc) is 3.07. The SMILES string of the molecule is Cc1csc(CCCCNC(=O)[C@@H]2CC[C@H](C(=O)O)O2)n1. The minimum absolute atomic E-state index is 0.205. The summed E-state index contributed by atoms with van der Waals surface area (Å²) in [4.78, 5) is 26.9. The van der Waals surface area contributed by atoms with E-state index in [4.69, 9.17) is 9.84 Å². The number of aromatic nitrogens is 1. The van der Waals surface area contributed by atoms with E-state index in [2.05, 4.69) is 10.3 Å². The Labute approximate surface area is 127 Å². The lowest BCUT2D eigenvalue weighted by atomic mass is 10.2. The first kappa shape index (κ1) is 15.9. The number of unbranched alkanes of at least 4 members (excludes halogenated alkanes) is 1. The van der Waals surface area contributed by atoms with Gasteiger partial charge in [-0.15, -0.1) is 11.3 Å². The second-order valence-corrected chi connectivity index (χ2v) is 6.10. The molecule has 2 rings (SSSR count). The number of carbonyl (C=O) groups is 2. The van der Waals surface area contributed by atoms with Gasteiger partial charge in [0.2, 0.25) is 5.91 Å². The first-order valence-corrected chi connectivity index (χ1v) is 8.01. The molecule has 116 valence electrons. The Bertz CT molecular complexity index is 503. The highest BCUT2D eigenvalue weighted by molar-refractivity contribution is 7.09. The molecule has 1 amide bonds. The van der Waals surface area contributed by atoms with Crippen LogP contribution in [-0.4, -0.2) is 40.7 Å². The van der Waals surface area contributed by atoms with E-state index < -0.39 is 18.2 Å². The number of hydrogen-bond donors (Lipinski definition) is 2. The van der Waals surface area contributed by atoms with Gasteiger partial charge >= 0.3 is 5.97 Å². The molecule has 0 saturated carbocycles. The largest absolute Gasteiger partial charge is 0.479 e. The van der Waals surface area contributed by atoms with Gasteiger partial charge in [-0.05, 0) is 39.0 Å². The number of carboxylic acids is 1. The van der Waals surface area contributed by atoms with E-state index in [1.54, 1.807) is 11.3 Å². The summed E-state index contributed by atoms with van der Waals surface area (Å²) < 4.78 is 5.19. The zero-order chi connectivity index (χ0) is 15.2. The molecule has 21 heavy (non-hydrogen) atoms. The maximum Gasteiger partial charge on any atom is 0.332 e. The molecule has 1 aliphatic rings. The van der Waals surface area contributed by atoms with Crippen molar-refractivity contribution < 1.29 is 19.4 Å². The number of carboxylic acid groups (broad SMARTS) is 1. The van der Waals surface area contributed by atoms with Crippen molar-refractivity contribution in [3.8, 4) is 0 Å². The highest BCUT2D eigenvalue weighted by atomic mass is 32.1. The zero-order valence-electron chi connectivity index (χ0n) is 12.0. The van der Waals surface area contributed by atoms with Crippen LogP contribution in [0.2, 0.25) is 0 Å².